The lowest BCUT2D eigenvalue weighted by molar-refractivity contribution is 0.195. The summed E-state index contributed by atoms with van der Waals surface area (Å²) in [5.41, 5.74) is 2.03. The standard InChI is InChI=1S/C19H26N4O2.HI/c1-20-19(22-11-6-12-24-2)23-14-16-7-5-9-18(13-16)25-15-17-8-3-4-10-21-17;/h3-5,7-10,13H,6,11-12,14-15H2,1-2H3,(H2,20,22,23);1H. The van der Waals surface area contributed by atoms with Gasteiger partial charge in [-0.3, -0.25) is 9.98 Å². The third kappa shape index (κ3) is 8.48. The molecule has 0 aliphatic carbocycles. The van der Waals surface area contributed by atoms with E-state index in [4.69, 9.17) is 9.47 Å². The highest BCUT2D eigenvalue weighted by atomic mass is 127. The van der Waals surface area contributed by atoms with Crippen LogP contribution in [-0.4, -0.2) is 38.3 Å². The minimum Gasteiger partial charge on any atom is -0.487 e. The van der Waals surface area contributed by atoms with Gasteiger partial charge in [0, 0.05) is 40.1 Å². The topological polar surface area (TPSA) is 67.8 Å². The zero-order chi connectivity index (χ0) is 17.7. The van der Waals surface area contributed by atoms with E-state index in [-0.39, 0.29) is 24.0 Å². The molecule has 26 heavy (non-hydrogen) atoms. The van der Waals surface area contributed by atoms with Crippen molar-refractivity contribution in [3.8, 4) is 5.75 Å². The Morgan fingerprint density at radius 3 is 2.77 bits per heavy atom. The minimum atomic E-state index is 0. The van der Waals surface area contributed by atoms with Crippen LogP contribution < -0.4 is 15.4 Å². The summed E-state index contributed by atoms with van der Waals surface area (Å²) in [5.74, 6) is 1.60. The van der Waals surface area contributed by atoms with Crippen LogP contribution in [0.5, 0.6) is 5.75 Å². The number of aliphatic imine (C=N–C) groups is 1. The first-order valence-electron chi connectivity index (χ1n) is 8.37. The van der Waals surface area contributed by atoms with E-state index in [1.54, 1.807) is 20.4 Å². The molecule has 6 nitrogen and oxygen atoms in total. The van der Waals surface area contributed by atoms with Gasteiger partial charge in [-0.15, -0.1) is 24.0 Å². The van der Waals surface area contributed by atoms with Gasteiger partial charge in [0.15, 0.2) is 5.96 Å². The van der Waals surface area contributed by atoms with E-state index in [1.165, 1.54) is 0 Å². The first-order valence-corrected chi connectivity index (χ1v) is 8.37. The number of benzene rings is 1. The van der Waals surface area contributed by atoms with Gasteiger partial charge in [-0.1, -0.05) is 18.2 Å². The molecule has 0 aliphatic heterocycles. The van der Waals surface area contributed by atoms with Gasteiger partial charge in [0.1, 0.15) is 12.4 Å². The molecule has 0 saturated heterocycles. The molecule has 1 aromatic heterocycles. The molecule has 0 bridgehead atoms. The normalized spacial score (nSPS) is 10.8. The van der Waals surface area contributed by atoms with Gasteiger partial charge in [-0.25, -0.2) is 0 Å². The lowest BCUT2D eigenvalue weighted by Gasteiger charge is -2.12. The van der Waals surface area contributed by atoms with Crippen LogP contribution in [0.25, 0.3) is 0 Å². The maximum Gasteiger partial charge on any atom is 0.191 e. The lowest BCUT2D eigenvalue weighted by atomic mass is 10.2. The molecular formula is C19H27IN4O2. The Balaban J connectivity index is 0.00000338. The second-order valence-corrected chi connectivity index (χ2v) is 5.46. The van der Waals surface area contributed by atoms with Gasteiger partial charge in [-0.2, -0.15) is 0 Å². The summed E-state index contributed by atoms with van der Waals surface area (Å²) in [7, 11) is 3.47. The highest BCUT2D eigenvalue weighted by Crippen LogP contribution is 2.14. The number of nitrogens with one attached hydrogen (secondary N) is 2. The predicted molar refractivity (Wildman–Crippen MR) is 115 cm³/mol. The quantitative estimate of drug-likeness (QED) is 0.255. The van der Waals surface area contributed by atoms with Gasteiger partial charge in [0.2, 0.25) is 0 Å². The van der Waals surface area contributed by atoms with Crippen LogP contribution >= 0.6 is 24.0 Å². The largest absolute Gasteiger partial charge is 0.487 e. The molecule has 2 N–H and O–H groups in total. The fourth-order valence-corrected chi connectivity index (χ4v) is 2.22. The van der Waals surface area contributed by atoms with Crippen molar-refractivity contribution in [3.63, 3.8) is 0 Å². The summed E-state index contributed by atoms with van der Waals surface area (Å²) in [6.07, 6.45) is 2.71. The molecule has 0 saturated carbocycles. The SMILES string of the molecule is CN=C(NCCCOC)NCc1cccc(OCc2ccccn2)c1.I. The van der Waals surface area contributed by atoms with E-state index < -0.39 is 0 Å². The van der Waals surface area contributed by atoms with Crippen molar-refractivity contribution in [1.29, 1.82) is 0 Å². The van der Waals surface area contributed by atoms with Gasteiger partial charge in [0.05, 0.1) is 5.69 Å². The summed E-state index contributed by atoms with van der Waals surface area (Å²) in [4.78, 5) is 8.47. The smallest absolute Gasteiger partial charge is 0.191 e. The van der Waals surface area contributed by atoms with Crippen LogP contribution in [-0.2, 0) is 17.9 Å². The fraction of sp³-hybridized carbons (Fsp3) is 0.368. The maximum absolute atomic E-state index is 5.81. The lowest BCUT2D eigenvalue weighted by Crippen LogP contribution is -2.37. The van der Waals surface area contributed by atoms with Gasteiger partial charge in [-0.05, 0) is 36.2 Å². The van der Waals surface area contributed by atoms with Gasteiger partial charge >= 0.3 is 0 Å². The monoisotopic (exact) mass is 470 g/mol. The summed E-state index contributed by atoms with van der Waals surface area (Å²) >= 11 is 0. The van der Waals surface area contributed by atoms with Gasteiger partial charge in [0.25, 0.3) is 0 Å². The molecule has 0 unspecified atom stereocenters. The molecule has 142 valence electrons. The number of pyridine rings is 1. The van der Waals surface area contributed by atoms with Crippen LogP contribution in [0.15, 0.2) is 53.7 Å². The maximum atomic E-state index is 5.81. The van der Waals surface area contributed by atoms with Crippen LogP contribution in [0.1, 0.15) is 17.7 Å². The summed E-state index contributed by atoms with van der Waals surface area (Å²) in [6.45, 7) is 2.69. The molecular weight excluding hydrogens is 443 g/mol. The average molecular weight is 470 g/mol. The number of ether oxygens (including phenoxy) is 2. The molecule has 7 heteroatoms. The van der Waals surface area contributed by atoms with Crippen molar-refractivity contribution in [3.05, 3.63) is 59.9 Å². The van der Waals surface area contributed by atoms with E-state index >= 15 is 0 Å². The number of methoxy groups -OCH3 is 1. The fourth-order valence-electron chi connectivity index (χ4n) is 2.22. The third-order valence-corrected chi connectivity index (χ3v) is 3.51. The van der Waals surface area contributed by atoms with Crippen molar-refractivity contribution >= 4 is 29.9 Å². The van der Waals surface area contributed by atoms with E-state index in [9.17, 15) is 0 Å². The summed E-state index contributed by atoms with van der Waals surface area (Å²) < 4.78 is 10.8. The minimum absolute atomic E-state index is 0. The van der Waals surface area contributed by atoms with E-state index in [2.05, 4.69) is 26.7 Å². The average Bonchev–Trinajstić information content (AvgIpc) is 2.67. The van der Waals surface area contributed by atoms with Gasteiger partial charge < -0.3 is 20.1 Å². The molecule has 0 spiro atoms. The van der Waals surface area contributed by atoms with E-state index in [0.717, 1.165) is 42.5 Å². The Morgan fingerprint density at radius 2 is 2.04 bits per heavy atom. The molecule has 0 fully saturated rings. The number of nitrogens with zero attached hydrogens (tertiary/aromatic N) is 2. The molecule has 0 aliphatic rings. The third-order valence-electron chi connectivity index (χ3n) is 3.51. The first-order chi connectivity index (χ1) is 12.3. The Morgan fingerprint density at radius 1 is 1.15 bits per heavy atom. The summed E-state index contributed by atoms with van der Waals surface area (Å²) in [6, 6.07) is 13.8. The summed E-state index contributed by atoms with van der Waals surface area (Å²) in [5, 5.41) is 6.55. The molecule has 2 rings (SSSR count). The Hall–Kier alpha value is -1.87. The highest BCUT2D eigenvalue weighted by molar-refractivity contribution is 14.0. The van der Waals surface area contributed by atoms with Crippen molar-refractivity contribution in [2.45, 2.75) is 19.6 Å². The molecule has 0 atom stereocenters. The number of hydrogen-bond donors (Lipinski definition) is 2. The molecule has 0 radical (unpaired) electrons. The van der Waals surface area contributed by atoms with Crippen LogP contribution in [0.4, 0.5) is 0 Å². The Bertz CT molecular complexity index is 653. The van der Waals surface area contributed by atoms with Crippen LogP contribution in [0.2, 0.25) is 0 Å². The van der Waals surface area contributed by atoms with E-state index in [1.807, 2.05) is 36.4 Å². The second kappa shape index (κ2) is 13.3. The van der Waals surface area contributed by atoms with Crippen molar-refractivity contribution in [2.24, 2.45) is 4.99 Å². The zero-order valence-electron chi connectivity index (χ0n) is 15.3. The molecule has 2 aromatic rings. The van der Waals surface area contributed by atoms with E-state index in [0.29, 0.717) is 13.2 Å². The van der Waals surface area contributed by atoms with Crippen molar-refractivity contribution in [1.82, 2.24) is 15.6 Å². The predicted octanol–water partition coefficient (Wildman–Crippen LogP) is 2.98. The molecule has 1 heterocycles. The van der Waals surface area contributed by atoms with Crippen LogP contribution in [0.3, 0.4) is 0 Å². The number of hydrogen-bond acceptors (Lipinski definition) is 4. The first kappa shape index (κ1) is 22.2. The van der Waals surface area contributed by atoms with Crippen molar-refractivity contribution in [2.75, 3.05) is 27.3 Å². The van der Waals surface area contributed by atoms with Crippen molar-refractivity contribution < 1.29 is 9.47 Å². The molecule has 0 amide bonds. The molecule has 1 aromatic carbocycles. The number of rotatable bonds is 9. The number of guanidine groups is 1. The Labute approximate surface area is 172 Å². The second-order valence-electron chi connectivity index (χ2n) is 5.46. The Kier molecular flexibility index (Phi) is 11.4. The number of halogens is 1. The van der Waals surface area contributed by atoms with Crippen LogP contribution in [0, 0.1) is 0 Å². The highest BCUT2D eigenvalue weighted by Gasteiger charge is 2.01. The number of aromatic nitrogens is 1. The zero-order valence-corrected chi connectivity index (χ0v) is 17.6.